The van der Waals surface area contributed by atoms with Crippen LogP contribution in [0.15, 0.2) is 23.3 Å². The molecule has 1 fully saturated rings. The summed E-state index contributed by atoms with van der Waals surface area (Å²) < 4.78 is 0. The molecule has 1 aliphatic heterocycles. The van der Waals surface area contributed by atoms with Gasteiger partial charge in [-0.25, -0.2) is 0 Å². The molecule has 3 nitrogen and oxygen atoms in total. The second kappa shape index (κ2) is 3.96. The maximum atomic E-state index is 11.6. The predicted octanol–water partition coefficient (Wildman–Crippen LogP) is 1.18. The molecule has 2 heterocycles. The first kappa shape index (κ1) is 9.46. The summed E-state index contributed by atoms with van der Waals surface area (Å²) in [5.41, 5.74) is 1.14. The topological polar surface area (TPSA) is 36.1 Å². The highest BCUT2D eigenvalue weighted by Gasteiger charge is 2.19. The van der Waals surface area contributed by atoms with Gasteiger partial charge in [0.25, 0.3) is 0 Å². The van der Waals surface area contributed by atoms with Crippen LogP contribution in [0.5, 0.6) is 0 Å². The molecule has 0 bridgehead atoms. The maximum absolute atomic E-state index is 11.6. The van der Waals surface area contributed by atoms with E-state index < -0.39 is 0 Å². The Morgan fingerprint density at radius 1 is 1.43 bits per heavy atom. The van der Waals surface area contributed by atoms with Gasteiger partial charge in [-0.05, 0) is 38.9 Å². The minimum absolute atomic E-state index is 0.179. The normalized spacial score (nSPS) is 19.8. The first-order chi connectivity index (χ1) is 6.77. The zero-order valence-electron chi connectivity index (χ0n) is 8.49. The fraction of sp³-hybridized carbons (Fsp3) is 0.545. The molecular formula is C11H16N2O. The van der Waals surface area contributed by atoms with E-state index in [0.29, 0.717) is 5.92 Å². The van der Waals surface area contributed by atoms with Crippen LogP contribution in [0, 0.1) is 0 Å². The number of hydrogen-bond donors (Lipinski definition) is 1. The third-order valence-corrected chi connectivity index (χ3v) is 3.01. The fourth-order valence-electron chi connectivity index (χ4n) is 2.07. The van der Waals surface area contributed by atoms with E-state index >= 15 is 0 Å². The van der Waals surface area contributed by atoms with Crippen LogP contribution in [0.4, 0.5) is 0 Å². The molecule has 0 aliphatic carbocycles. The second-order valence-corrected chi connectivity index (χ2v) is 4.04. The molecular weight excluding hydrogens is 176 g/mol. The summed E-state index contributed by atoms with van der Waals surface area (Å²) in [4.78, 5) is 16.9. The lowest BCUT2D eigenvalue weighted by Crippen LogP contribution is -2.30. The lowest BCUT2D eigenvalue weighted by atomic mass is 9.90. The quantitative estimate of drug-likeness (QED) is 0.725. The van der Waals surface area contributed by atoms with Crippen molar-refractivity contribution in [2.45, 2.75) is 18.8 Å². The van der Waals surface area contributed by atoms with Gasteiger partial charge >= 0.3 is 0 Å². The number of hydrogen-bond acceptors (Lipinski definition) is 2. The van der Waals surface area contributed by atoms with Gasteiger partial charge in [-0.15, -0.1) is 0 Å². The van der Waals surface area contributed by atoms with Crippen LogP contribution in [-0.4, -0.2) is 30.0 Å². The lowest BCUT2D eigenvalue weighted by molar-refractivity contribution is 0.255. The lowest BCUT2D eigenvalue weighted by Gasteiger charge is -2.28. The van der Waals surface area contributed by atoms with Gasteiger partial charge in [-0.3, -0.25) is 4.79 Å². The van der Waals surface area contributed by atoms with Gasteiger partial charge in [0.15, 0.2) is 5.43 Å². The Labute approximate surface area is 83.8 Å². The highest BCUT2D eigenvalue weighted by atomic mass is 16.1. The van der Waals surface area contributed by atoms with Crippen molar-refractivity contribution >= 4 is 0 Å². The molecule has 1 N–H and O–H groups in total. The SMILES string of the molecule is CN1CCC(c2c[nH]ccc2=O)CC1. The molecule has 1 aromatic rings. The predicted molar refractivity (Wildman–Crippen MR) is 56.5 cm³/mol. The number of H-pyrrole nitrogens is 1. The number of likely N-dealkylation sites (tertiary alicyclic amines) is 1. The largest absolute Gasteiger partial charge is 0.367 e. The first-order valence-electron chi connectivity index (χ1n) is 5.13. The van der Waals surface area contributed by atoms with Crippen molar-refractivity contribution in [3.05, 3.63) is 34.2 Å². The van der Waals surface area contributed by atoms with E-state index in [4.69, 9.17) is 0 Å². The third-order valence-electron chi connectivity index (χ3n) is 3.01. The van der Waals surface area contributed by atoms with E-state index in [-0.39, 0.29) is 5.43 Å². The van der Waals surface area contributed by atoms with Gasteiger partial charge < -0.3 is 9.88 Å². The molecule has 1 saturated heterocycles. The number of rotatable bonds is 1. The summed E-state index contributed by atoms with van der Waals surface area (Å²) >= 11 is 0. The van der Waals surface area contributed by atoms with E-state index in [1.165, 1.54) is 0 Å². The molecule has 0 saturated carbocycles. The summed E-state index contributed by atoms with van der Waals surface area (Å²) in [5.74, 6) is 0.455. The Morgan fingerprint density at radius 2 is 2.14 bits per heavy atom. The standard InChI is InChI=1S/C11H16N2O/c1-13-6-3-9(4-7-13)10-8-12-5-2-11(10)14/h2,5,8-9H,3-4,6-7H2,1H3,(H,12,14). The van der Waals surface area contributed by atoms with Gasteiger partial charge in [-0.2, -0.15) is 0 Å². The van der Waals surface area contributed by atoms with Crippen molar-refractivity contribution < 1.29 is 0 Å². The van der Waals surface area contributed by atoms with Crippen LogP contribution >= 0.6 is 0 Å². The van der Waals surface area contributed by atoms with Gasteiger partial charge in [0.1, 0.15) is 0 Å². The highest BCUT2D eigenvalue weighted by Crippen LogP contribution is 2.24. The Hall–Kier alpha value is -1.09. The fourth-order valence-corrected chi connectivity index (χ4v) is 2.07. The van der Waals surface area contributed by atoms with Crippen molar-refractivity contribution in [2.75, 3.05) is 20.1 Å². The van der Waals surface area contributed by atoms with Crippen molar-refractivity contribution in [3.63, 3.8) is 0 Å². The zero-order chi connectivity index (χ0) is 9.97. The maximum Gasteiger partial charge on any atom is 0.184 e. The van der Waals surface area contributed by atoms with E-state index in [0.717, 1.165) is 31.5 Å². The smallest absolute Gasteiger partial charge is 0.184 e. The van der Waals surface area contributed by atoms with Crippen molar-refractivity contribution in [3.8, 4) is 0 Å². The minimum atomic E-state index is 0.179. The van der Waals surface area contributed by atoms with Crippen molar-refractivity contribution in [1.29, 1.82) is 0 Å². The second-order valence-electron chi connectivity index (χ2n) is 4.04. The number of nitrogens with zero attached hydrogens (tertiary/aromatic N) is 1. The Morgan fingerprint density at radius 3 is 2.79 bits per heavy atom. The summed E-state index contributed by atoms with van der Waals surface area (Å²) in [6.45, 7) is 2.19. The van der Waals surface area contributed by atoms with Crippen LogP contribution in [-0.2, 0) is 0 Å². The van der Waals surface area contributed by atoms with E-state index in [2.05, 4.69) is 16.9 Å². The minimum Gasteiger partial charge on any atom is -0.367 e. The molecule has 14 heavy (non-hydrogen) atoms. The van der Waals surface area contributed by atoms with Crippen LogP contribution in [0.1, 0.15) is 24.3 Å². The first-order valence-corrected chi connectivity index (χ1v) is 5.13. The molecule has 0 unspecified atom stereocenters. The Kier molecular flexibility index (Phi) is 2.68. The number of aromatic nitrogens is 1. The van der Waals surface area contributed by atoms with Gasteiger partial charge in [0, 0.05) is 24.0 Å². The Bertz CT molecular complexity index is 350. The van der Waals surface area contributed by atoms with Gasteiger partial charge in [-0.1, -0.05) is 0 Å². The summed E-state index contributed by atoms with van der Waals surface area (Å²) in [5, 5.41) is 0. The molecule has 0 radical (unpaired) electrons. The monoisotopic (exact) mass is 192 g/mol. The van der Waals surface area contributed by atoms with Crippen LogP contribution in [0.25, 0.3) is 0 Å². The van der Waals surface area contributed by atoms with Crippen molar-refractivity contribution in [1.82, 2.24) is 9.88 Å². The van der Waals surface area contributed by atoms with Crippen LogP contribution in [0.3, 0.4) is 0 Å². The average molecular weight is 192 g/mol. The number of aromatic amines is 1. The summed E-state index contributed by atoms with van der Waals surface area (Å²) in [6.07, 6.45) is 5.76. The molecule has 2 rings (SSSR count). The van der Waals surface area contributed by atoms with E-state index in [1.807, 2.05) is 6.20 Å². The van der Waals surface area contributed by atoms with Crippen LogP contribution < -0.4 is 5.43 Å². The number of nitrogens with one attached hydrogen (secondary N) is 1. The molecule has 0 spiro atoms. The highest BCUT2D eigenvalue weighted by molar-refractivity contribution is 5.15. The summed E-state index contributed by atoms with van der Waals surface area (Å²) in [6, 6.07) is 1.62. The molecule has 1 aromatic heterocycles. The molecule has 3 heteroatoms. The van der Waals surface area contributed by atoms with Crippen LogP contribution in [0.2, 0.25) is 0 Å². The summed E-state index contributed by atoms with van der Waals surface area (Å²) in [7, 11) is 2.13. The number of pyridine rings is 1. The van der Waals surface area contributed by atoms with E-state index in [9.17, 15) is 4.79 Å². The molecule has 1 aliphatic rings. The van der Waals surface area contributed by atoms with Gasteiger partial charge in [0.05, 0.1) is 0 Å². The third kappa shape index (κ3) is 1.87. The van der Waals surface area contributed by atoms with E-state index in [1.54, 1.807) is 12.3 Å². The molecule has 0 atom stereocenters. The van der Waals surface area contributed by atoms with Crippen molar-refractivity contribution in [2.24, 2.45) is 0 Å². The van der Waals surface area contributed by atoms with Gasteiger partial charge in [0.2, 0.25) is 0 Å². The molecule has 0 amide bonds. The number of piperidine rings is 1. The molecule has 76 valence electrons. The zero-order valence-corrected chi connectivity index (χ0v) is 8.49. The molecule has 0 aromatic carbocycles. The average Bonchev–Trinajstić information content (AvgIpc) is 2.20. The Balaban J connectivity index is 2.16.